The summed E-state index contributed by atoms with van der Waals surface area (Å²) in [5.41, 5.74) is 1.89. The summed E-state index contributed by atoms with van der Waals surface area (Å²) in [4.78, 5) is 18.3. The first-order valence-corrected chi connectivity index (χ1v) is 10.7. The van der Waals surface area contributed by atoms with Crippen molar-refractivity contribution in [1.29, 1.82) is 0 Å². The first-order valence-electron chi connectivity index (χ1n) is 9.86. The van der Waals surface area contributed by atoms with Gasteiger partial charge in [-0.25, -0.2) is 4.99 Å². The van der Waals surface area contributed by atoms with Crippen molar-refractivity contribution in [2.75, 3.05) is 6.54 Å². The van der Waals surface area contributed by atoms with Gasteiger partial charge in [-0.15, -0.1) is 0 Å². The molecule has 2 saturated carbocycles. The zero-order valence-corrected chi connectivity index (χ0v) is 16.3. The molecular weight excluding hydrogens is 346 g/mol. The summed E-state index contributed by atoms with van der Waals surface area (Å²) in [7, 11) is 0. The summed E-state index contributed by atoms with van der Waals surface area (Å²) in [6.45, 7) is 3.05. The fourth-order valence-electron chi connectivity index (χ4n) is 4.69. The monoisotopic (exact) mass is 373 g/mol. The lowest BCUT2D eigenvalue weighted by Crippen LogP contribution is -2.40. The number of nitrogens with zero attached hydrogens (tertiary/aromatic N) is 3. The molecule has 1 heterocycles. The van der Waals surface area contributed by atoms with E-state index in [4.69, 9.17) is 4.99 Å². The molecule has 26 heavy (non-hydrogen) atoms. The van der Waals surface area contributed by atoms with Crippen molar-refractivity contribution in [3.8, 4) is 0 Å². The molecule has 1 aromatic carbocycles. The lowest BCUT2D eigenvalue weighted by molar-refractivity contribution is -0.384. The highest BCUT2D eigenvalue weighted by Crippen LogP contribution is 2.50. The molecule has 6 heteroatoms. The molecule has 0 radical (unpaired) electrons. The molecule has 0 N–H and O–H groups in total. The van der Waals surface area contributed by atoms with Crippen LogP contribution < -0.4 is 0 Å². The zero-order chi connectivity index (χ0) is 18.1. The first-order chi connectivity index (χ1) is 12.6. The van der Waals surface area contributed by atoms with E-state index < -0.39 is 0 Å². The lowest BCUT2D eigenvalue weighted by atomic mass is 9.93. The predicted octanol–water partition coefficient (Wildman–Crippen LogP) is 5.59. The number of benzene rings is 1. The number of aryl methyl sites for hydroxylation is 1. The number of amidine groups is 1. The first kappa shape index (κ1) is 17.8. The minimum atomic E-state index is -0.337. The van der Waals surface area contributed by atoms with E-state index in [9.17, 15) is 10.1 Å². The Kier molecular flexibility index (Phi) is 4.95. The van der Waals surface area contributed by atoms with E-state index in [2.05, 4.69) is 4.90 Å². The summed E-state index contributed by atoms with van der Waals surface area (Å²) in [5.74, 6) is 0. The Morgan fingerprint density at radius 3 is 2.58 bits per heavy atom. The number of hydrogen-bond acceptors (Lipinski definition) is 4. The summed E-state index contributed by atoms with van der Waals surface area (Å²) in [6.07, 6.45) is 11.8. The molecule has 0 amide bonds. The van der Waals surface area contributed by atoms with Gasteiger partial charge in [0, 0.05) is 29.5 Å². The second kappa shape index (κ2) is 7.22. The largest absolute Gasteiger partial charge is 0.347 e. The van der Waals surface area contributed by atoms with Gasteiger partial charge >= 0.3 is 0 Å². The van der Waals surface area contributed by atoms with Gasteiger partial charge in [-0.2, -0.15) is 0 Å². The predicted molar refractivity (Wildman–Crippen MR) is 107 cm³/mol. The van der Waals surface area contributed by atoms with Crippen LogP contribution in [-0.2, 0) is 0 Å². The topological polar surface area (TPSA) is 58.7 Å². The molecule has 1 spiro atoms. The van der Waals surface area contributed by atoms with Gasteiger partial charge in [-0.1, -0.05) is 43.9 Å². The molecule has 1 aliphatic heterocycles. The summed E-state index contributed by atoms with van der Waals surface area (Å²) >= 11 is 1.98. The Bertz CT molecular complexity index is 722. The number of nitro groups is 1. The summed E-state index contributed by atoms with van der Waals surface area (Å²) < 4.78 is 0.352. The van der Waals surface area contributed by atoms with Gasteiger partial charge in [-0.05, 0) is 44.2 Å². The highest BCUT2D eigenvalue weighted by Gasteiger charge is 2.46. The third kappa shape index (κ3) is 3.48. The number of hydrogen-bond donors (Lipinski definition) is 0. The molecule has 3 aliphatic rings. The van der Waals surface area contributed by atoms with Crippen molar-refractivity contribution in [3.63, 3.8) is 0 Å². The van der Waals surface area contributed by atoms with Gasteiger partial charge in [0.05, 0.1) is 10.6 Å². The van der Waals surface area contributed by atoms with E-state index in [0.717, 1.165) is 23.0 Å². The van der Waals surface area contributed by atoms with Crippen LogP contribution in [-0.4, -0.2) is 32.3 Å². The molecule has 0 bridgehead atoms. The van der Waals surface area contributed by atoms with Crippen molar-refractivity contribution in [2.24, 2.45) is 4.99 Å². The second-order valence-corrected chi connectivity index (χ2v) is 9.47. The van der Waals surface area contributed by atoms with Gasteiger partial charge in [0.2, 0.25) is 0 Å². The van der Waals surface area contributed by atoms with Crippen molar-refractivity contribution < 1.29 is 4.92 Å². The second-order valence-electron chi connectivity index (χ2n) is 8.03. The molecule has 140 valence electrons. The highest BCUT2D eigenvalue weighted by atomic mass is 32.2. The van der Waals surface area contributed by atoms with Gasteiger partial charge in [0.15, 0.2) is 5.17 Å². The summed E-state index contributed by atoms with van der Waals surface area (Å²) in [5, 5.41) is 12.1. The Hall–Kier alpha value is -1.56. The highest BCUT2D eigenvalue weighted by molar-refractivity contribution is 8.15. The fourth-order valence-corrected chi connectivity index (χ4v) is 6.25. The van der Waals surface area contributed by atoms with Gasteiger partial charge in [0.25, 0.3) is 5.69 Å². The van der Waals surface area contributed by atoms with Crippen LogP contribution in [0.4, 0.5) is 11.4 Å². The van der Waals surface area contributed by atoms with Crippen molar-refractivity contribution in [2.45, 2.75) is 75.5 Å². The van der Waals surface area contributed by atoms with Crippen LogP contribution in [0.3, 0.4) is 0 Å². The molecule has 0 atom stereocenters. The van der Waals surface area contributed by atoms with E-state index in [0.29, 0.717) is 10.8 Å². The van der Waals surface area contributed by atoms with E-state index in [1.165, 1.54) is 57.8 Å². The maximum Gasteiger partial charge on any atom is 0.269 e. The molecular formula is C20H27N3O2S. The summed E-state index contributed by atoms with van der Waals surface area (Å²) in [6, 6.07) is 5.63. The maximum atomic E-state index is 11.0. The van der Waals surface area contributed by atoms with Crippen LogP contribution in [0.5, 0.6) is 0 Å². The molecule has 4 rings (SSSR count). The Labute approximate surface area is 159 Å². The normalized spacial score (nSPS) is 24.7. The smallest absolute Gasteiger partial charge is 0.269 e. The molecule has 3 fully saturated rings. The zero-order valence-electron chi connectivity index (χ0n) is 15.4. The lowest BCUT2D eigenvalue weighted by Gasteiger charge is -2.33. The molecule has 5 nitrogen and oxygen atoms in total. The minimum Gasteiger partial charge on any atom is -0.347 e. The molecule has 0 aromatic heterocycles. The van der Waals surface area contributed by atoms with Crippen LogP contribution in [0.15, 0.2) is 23.2 Å². The van der Waals surface area contributed by atoms with E-state index >= 15 is 0 Å². The van der Waals surface area contributed by atoms with Crippen LogP contribution in [0.2, 0.25) is 0 Å². The van der Waals surface area contributed by atoms with Crippen LogP contribution in [0.1, 0.15) is 63.4 Å². The van der Waals surface area contributed by atoms with Gasteiger partial charge in [0.1, 0.15) is 0 Å². The van der Waals surface area contributed by atoms with Crippen molar-refractivity contribution >= 4 is 28.3 Å². The Morgan fingerprint density at radius 1 is 1.19 bits per heavy atom. The van der Waals surface area contributed by atoms with Gasteiger partial charge in [-0.3, -0.25) is 10.1 Å². The number of non-ortho nitro benzene ring substituents is 1. The number of rotatable bonds is 3. The third-order valence-corrected chi connectivity index (χ3v) is 7.63. The third-order valence-electron chi connectivity index (χ3n) is 6.15. The van der Waals surface area contributed by atoms with Gasteiger partial charge < -0.3 is 4.90 Å². The Balaban J connectivity index is 1.64. The number of aliphatic imine (C=N–C) groups is 1. The average Bonchev–Trinajstić information content (AvgIpc) is 3.24. The van der Waals surface area contributed by atoms with Crippen LogP contribution >= 0.6 is 11.8 Å². The maximum absolute atomic E-state index is 11.0. The van der Waals surface area contributed by atoms with Crippen molar-refractivity contribution in [3.05, 3.63) is 33.9 Å². The van der Waals surface area contributed by atoms with E-state index in [1.54, 1.807) is 18.2 Å². The molecule has 1 aromatic rings. The fraction of sp³-hybridized carbons (Fsp3) is 0.650. The molecule has 1 saturated heterocycles. The Morgan fingerprint density at radius 2 is 1.92 bits per heavy atom. The van der Waals surface area contributed by atoms with E-state index in [1.807, 2.05) is 18.7 Å². The van der Waals surface area contributed by atoms with Crippen LogP contribution in [0, 0.1) is 17.0 Å². The average molecular weight is 374 g/mol. The molecule has 2 aliphatic carbocycles. The minimum absolute atomic E-state index is 0.141. The van der Waals surface area contributed by atoms with E-state index in [-0.39, 0.29) is 10.6 Å². The standard InChI is InChI=1S/C20H27N3O2S/c1-15-13-17(23(24)25)9-10-18(15)21-19-22(16-7-3-2-4-8-16)14-20(26-19)11-5-6-12-20/h9-10,13,16H,2-8,11-12,14H2,1H3/b21-19-. The quantitative estimate of drug-likeness (QED) is 0.512. The van der Waals surface area contributed by atoms with Crippen LogP contribution in [0.25, 0.3) is 0 Å². The number of nitro benzene ring substituents is 1. The number of thioether (sulfide) groups is 1. The molecule has 0 unspecified atom stereocenters. The SMILES string of the molecule is Cc1cc([N+](=O)[O-])ccc1/N=C1\SC2(CCCC2)CN1C1CCCCC1. The van der Waals surface area contributed by atoms with Crippen molar-refractivity contribution in [1.82, 2.24) is 4.90 Å².